The van der Waals surface area contributed by atoms with Crippen molar-refractivity contribution in [3.63, 3.8) is 0 Å². The molecule has 0 spiro atoms. The van der Waals surface area contributed by atoms with Crippen molar-refractivity contribution in [3.8, 4) is 0 Å². The van der Waals surface area contributed by atoms with Crippen LogP contribution < -0.4 is 16.0 Å². The van der Waals surface area contributed by atoms with Crippen LogP contribution in [0.1, 0.15) is 31.4 Å². The Morgan fingerprint density at radius 3 is 2.00 bits per heavy atom. The average molecular weight is 474 g/mol. The molecular weight excluding hydrogens is 442 g/mol. The van der Waals surface area contributed by atoms with Gasteiger partial charge in [0.15, 0.2) is 0 Å². The number of hydrogen-bond acceptors (Lipinski definition) is 3. The molecule has 0 saturated carbocycles. The van der Waals surface area contributed by atoms with E-state index in [1.54, 1.807) is 0 Å². The van der Waals surface area contributed by atoms with E-state index >= 15 is 0 Å². The third-order valence-electron chi connectivity index (χ3n) is 6.03. The van der Waals surface area contributed by atoms with Gasteiger partial charge in [0.25, 0.3) is 0 Å². The highest BCUT2D eigenvalue weighted by atomic mass is 16.2. The number of hydrogen-bond donors (Lipinski definition) is 5. The van der Waals surface area contributed by atoms with Gasteiger partial charge in [-0.05, 0) is 29.2 Å². The fourth-order valence-electron chi connectivity index (χ4n) is 4.38. The van der Waals surface area contributed by atoms with Crippen molar-refractivity contribution in [2.75, 3.05) is 0 Å². The number of rotatable bonds is 11. The van der Waals surface area contributed by atoms with E-state index in [1.807, 2.05) is 74.8 Å². The lowest BCUT2D eigenvalue weighted by molar-refractivity contribution is -0.130. The van der Waals surface area contributed by atoms with Gasteiger partial charge in [-0.15, -0.1) is 0 Å². The number of carbonyl (C=O) groups is 3. The molecule has 2 heterocycles. The third kappa shape index (κ3) is 5.90. The SMILES string of the molecule is CC(C)CC(=O)N[C@H](Cc1c[nH]c2ccccc12)C(=O)N[C@H](Cc1c[nH]c2ccccc12)NC=O. The first-order chi connectivity index (χ1) is 16.9. The number of benzene rings is 2. The van der Waals surface area contributed by atoms with Gasteiger partial charge in [0, 0.05) is 53.5 Å². The maximum Gasteiger partial charge on any atom is 0.244 e. The Morgan fingerprint density at radius 1 is 0.857 bits per heavy atom. The molecule has 2 aromatic carbocycles. The van der Waals surface area contributed by atoms with Gasteiger partial charge in [0.1, 0.15) is 12.2 Å². The summed E-state index contributed by atoms with van der Waals surface area (Å²) < 4.78 is 0. The van der Waals surface area contributed by atoms with E-state index in [0.29, 0.717) is 25.7 Å². The van der Waals surface area contributed by atoms with Gasteiger partial charge in [-0.1, -0.05) is 50.2 Å². The number of amides is 3. The highest BCUT2D eigenvalue weighted by molar-refractivity contribution is 5.90. The van der Waals surface area contributed by atoms with Gasteiger partial charge >= 0.3 is 0 Å². The van der Waals surface area contributed by atoms with Gasteiger partial charge in [0.2, 0.25) is 18.2 Å². The first kappa shape index (κ1) is 24.1. The van der Waals surface area contributed by atoms with Crippen LogP contribution in [0.3, 0.4) is 0 Å². The van der Waals surface area contributed by atoms with Crippen molar-refractivity contribution >= 4 is 40.0 Å². The zero-order chi connectivity index (χ0) is 24.8. The molecule has 2 aromatic heterocycles. The van der Waals surface area contributed by atoms with Crippen LogP contribution in [0.4, 0.5) is 0 Å². The molecule has 0 unspecified atom stereocenters. The van der Waals surface area contributed by atoms with Crippen LogP contribution in [0.15, 0.2) is 60.9 Å². The molecule has 4 rings (SSSR count). The van der Waals surface area contributed by atoms with Crippen LogP contribution in [-0.4, -0.2) is 40.4 Å². The summed E-state index contributed by atoms with van der Waals surface area (Å²) in [6, 6.07) is 14.9. The van der Waals surface area contributed by atoms with Crippen LogP contribution in [0.25, 0.3) is 21.8 Å². The highest BCUT2D eigenvalue weighted by Crippen LogP contribution is 2.20. The first-order valence-corrected chi connectivity index (χ1v) is 11.8. The third-order valence-corrected chi connectivity index (χ3v) is 6.03. The van der Waals surface area contributed by atoms with Crippen LogP contribution in [0.2, 0.25) is 0 Å². The summed E-state index contributed by atoms with van der Waals surface area (Å²) in [6.07, 6.45) is 4.73. The Morgan fingerprint density at radius 2 is 1.43 bits per heavy atom. The molecule has 0 saturated heterocycles. The Bertz CT molecular complexity index is 1320. The molecular formula is C27H31N5O3. The Labute approximate surface area is 203 Å². The van der Waals surface area contributed by atoms with E-state index < -0.39 is 12.2 Å². The summed E-state index contributed by atoms with van der Waals surface area (Å²) in [5, 5.41) is 10.6. The molecule has 0 radical (unpaired) electrons. The summed E-state index contributed by atoms with van der Waals surface area (Å²) in [5.74, 6) is -0.374. The number of aromatic nitrogens is 2. The lowest BCUT2D eigenvalue weighted by Crippen LogP contribution is -2.54. The fourth-order valence-corrected chi connectivity index (χ4v) is 4.38. The van der Waals surface area contributed by atoms with Crippen LogP contribution in [-0.2, 0) is 27.2 Å². The second-order valence-electron chi connectivity index (χ2n) is 9.19. The summed E-state index contributed by atoms with van der Waals surface area (Å²) in [6.45, 7) is 3.92. The number of H-pyrrole nitrogens is 2. The van der Waals surface area contributed by atoms with Crippen molar-refractivity contribution in [2.45, 2.75) is 45.3 Å². The van der Waals surface area contributed by atoms with Gasteiger partial charge in [-0.25, -0.2) is 0 Å². The summed E-state index contributed by atoms with van der Waals surface area (Å²) >= 11 is 0. The number of aromatic amines is 2. The van der Waals surface area contributed by atoms with Crippen LogP contribution in [0.5, 0.6) is 0 Å². The molecule has 3 amide bonds. The largest absolute Gasteiger partial charge is 0.361 e. The van der Waals surface area contributed by atoms with Crippen molar-refractivity contribution < 1.29 is 14.4 Å². The van der Waals surface area contributed by atoms with E-state index in [4.69, 9.17) is 0 Å². The van der Waals surface area contributed by atoms with E-state index in [2.05, 4.69) is 25.9 Å². The predicted molar refractivity (Wildman–Crippen MR) is 137 cm³/mol. The molecule has 0 aliphatic heterocycles. The van der Waals surface area contributed by atoms with E-state index in [0.717, 1.165) is 32.9 Å². The Kier molecular flexibility index (Phi) is 7.50. The van der Waals surface area contributed by atoms with Crippen molar-refractivity contribution in [1.29, 1.82) is 0 Å². The smallest absolute Gasteiger partial charge is 0.244 e. The van der Waals surface area contributed by atoms with Crippen molar-refractivity contribution in [2.24, 2.45) is 5.92 Å². The highest BCUT2D eigenvalue weighted by Gasteiger charge is 2.25. The molecule has 0 aliphatic rings. The van der Waals surface area contributed by atoms with Gasteiger partial charge in [-0.3, -0.25) is 14.4 Å². The Hall–Kier alpha value is -4.07. The van der Waals surface area contributed by atoms with Gasteiger partial charge in [-0.2, -0.15) is 0 Å². The summed E-state index contributed by atoms with van der Waals surface area (Å²) in [5.41, 5.74) is 3.85. The van der Waals surface area contributed by atoms with Crippen LogP contribution in [0, 0.1) is 5.92 Å². The number of fused-ring (bicyclic) bond motifs is 2. The van der Waals surface area contributed by atoms with Gasteiger partial charge < -0.3 is 25.9 Å². The molecule has 8 heteroatoms. The fraction of sp³-hybridized carbons (Fsp3) is 0.296. The first-order valence-electron chi connectivity index (χ1n) is 11.8. The number of nitrogens with one attached hydrogen (secondary N) is 5. The molecule has 8 nitrogen and oxygen atoms in total. The summed E-state index contributed by atoms with van der Waals surface area (Å²) in [4.78, 5) is 43.8. The average Bonchev–Trinajstić information content (AvgIpc) is 3.43. The monoisotopic (exact) mass is 473 g/mol. The van der Waals surface area contributed by atoms with E-state index in [1.165, 1.54) is 0 Å². The molecule has 35 heavy (non-hydrogen) atoms. The minimum absolute atomic E-state index is 0.165. The Balaban J connectivity index is 1.54. The second-order valence-corrected chi connectivity index (χ2v) is 9.19. The molecule has 0 bridgehead atoms. The minimum Gasteiger partial charge on any atom is -0.361 e. The minimum atomic E-state index is -0.792. The second kappa shape index (κ2) is 10.9. The molecule has 0 aliphatic carbocycles. The summed E-state index contributed by atoms with van der Waals surface area (Å²) in [7, 11) is 0. The van der Waals surface area contributed by atoms with Crippen molar-refractivity contribution in [1.82, 2.24) is 25.9 Å². The maximum atomic E-state index is 13.4. The quantitative estimate of drug-likeness (QED) is 0.170. The van der Waals surface area contributed by atoms with Crippen LogP contribution >= 0.6 is 0 Å². The van der Waals surface area contributed by atoms with E-state index in [-0.39, 0.29) is 17.7 Å². The predicted octanol–water partition coefficient (Wildman–Crippen LogP) is 3.15. The lowest BCUT2D eigenvalue weighted by Gasteiger charge is -2.23. The zero-order valence-electron chi connectivity index (χ0n) is 19.9. The molecule has 4 aromatic rings. The zero-order valence-corrected chi connectivity index (χ0v) is 19.9. The maximum absolute atomic E-state index is 13.4. The molecule has 2 atom stereocenters. The normalized spacial score (nSPS) is 13.0. The topological polar surface area (TPSA) is 119 Å². The molecule has 0 fully saturated rings. The standard InChI is InChI=1S/C27H31N5O3/c1-17(2)11-26(34)31-24(12-18-14-28-22-9-5-3-7-20(18)22)27(35)32-25(30-16-33)13-19-15-29-23-10-6-4-8-21(19)23/h3-10,14-17,24-25,28-29H,11-13H2,1-2H3,(H,30,33)(H,31,34)(H,32,35)/t24-,25-/m1/s1. The lowest BCUT2D eigenvalue weighted by atomic mass is 10.0. The number of carbonyl (C=O) groups excluding carboxylic acids is 3. The van der Waals surface area contributed by atoms with E-state index in [9.17, 15) is 14.4 Å². The van der Waals surface area contributed by atoms with Crippen molar-refractivity contribution in [3.05, 3.63) is 72.1 Å². The molecule has 5 N–H and O–H groups in total. The number of para-hydroxylation sites is 2. The molecule has 182 valence electrons. The van der Waals surface area contributed by atoms with Gasteiger partial charge in [0.05, 0.1) is 0 Å².